The molecule has 4 heteroatoms. The SMILES string of the molecule is Cc1cccc2c1[nH]c1c3c(ccc12)C(c1ccccc1)C(C#N)C(=O)O3. The van der Waals surface area contributed by atoms with E-state index in [1.807, 2.05) is 42.5 Å². The van der Waals surface area contributed by atoms with Crippen LogP contribution in [0.5, 0.6) is 5.75 Å². The summed E-state index contributed by atoms with van der Waals surface area (Å²) in [6.07, 6.45) is 0. The van der Waals surface area contributed by atoms with Crippen molar-refractivity contribution in [2.45, 2.75) is 12.8 Å². The smallest absolute Gasteiger partial charge is 0.329 e. The van der Waals surface area contributed by atoms with Gasteiger partial charge < -0.3 is 9.72 Å². The van der Waals surface area contributed by atoms with Crippen molar-refractivity contribution in [3.8, 4) is 11.8 Å². The quantitative estimate of drug-likeness (QED) is 0.394. The predicted molar refractivity (Wildman–Crippen MR) is 104 cm³/mol. The van der Waals surface area contributed by atoms with Gasteiger partial charge in [-0.1, -0.05) is 60.7 Å². The van der Waals surface area contributed by atoms with E-state index in [9.17, 15) is 10.1 Å². The minimum absolute atomic E-state index is 0.343. The number of aromatic nitrogens is 1. The van der Waals surface area contributed by atoms with Crippen LogP contribution >= 0.6 is 0 Å². The Hall–Kier alpha value is -3.58. The maximum Gasteiger partial charge on any atom is 0.329 e. The number of carbonyl (C=O) groups is 1. The van der Waals surface area contributed by atoms with E-state index in [-0.39, 0.29) is 5.92 Å². The molecule has 1 aliphatic rings. The van der Waals surface area contributed by atoms with Gasteiger partial charge >= 0.3 is 5.97 Å². The van der Waals surface area contributed by atoms with Gasteiger partial charge in [-0.15, -0.1) is 0 Å². The van der Waals surface area contributed by atoms with E-state index < -0.39 is 11.9 Å². The molecule has 0 amide bonds. The molecule has 0 saturated carbocycles. The zero-order valence-corrected chi connectivity index (χ0v) is 14.7. The Morgan fingerprint density at radius 2 is 1.74 bits per heavy atom. The summed E-state index contributed by atoms with van der Waals surface area (Å²) in [7, 11) is 0. The number of hydrogen-bond acceptors (Lipinski definition) is 3. The van der Waals surface area contributed by atoms with Crippen LogP contribution in [0.4, 0.5) is 0 Å². The fraction of sp³-hybridized carbons (Fsp3) is 0.130. The van der Waals surface area contributed by atoms with Crippen molar-refractivity contribution >= 4 is 27.8 Å². The lowest BCUT2D eigenvalue weighted by Gasteiger charge is -2.28. The zero-order valence-electron chi connectivity index (χ0n) is 14.7. The van der Waals surface area contributed by atoms with Gasteiger partial charge in [0.2, 0.25) is 0 Å². The number of benzene rings is 3. The van der Waals surface area contributed by atoms with Crippen LogP contribution in [-0.4, -0.2) is 11.0 Å². The normalized spacial score (nSPS) is 18.9. The van der Waals surface area contributed by atoms with Crippen LogP contribution in [0, 0.1) is 24.2 Å². The second-order valence-corrected chi connectivity index (χ2v) is 6.95. The van der Waals surface area contributed by atoms with Crippen molar-refractivity contribution in [2.75, 3.05) is 0 Å². The summed E-state index contributed by atoms with van der Waals surface area (Å²) in [6.45, 7) is 2.05. The minimum atomic E-state index is -0.858. The third-order valence-corrected chi connectivity index (χ3v) is 5.42. The summed E-state index contributed by atoms with van der Waals surface area (Å²) in [5.74, 6) is -1.16. The predicted octanol–water partition coefficient (Wildman–Crippen LogP) is 4.82. The molecule has 2 heterocycles. The first-order chi connectivity index (χ1) is 13.2. The first kappa shape index (κ1) is 15.7. The molecule has 4 nitrogen and oxygen atoms in total. The molecule has 4 aromatic rings. The van der Waals surface area contributed by atoms with Crippen molar-refractivity contribution < 1.29 is 9.53 Å². The summed E-state index contributed by atoms with van der Waals surface area (Å²) < 4.78 is 5.68. The van der Waals surface area contributed by atoms with Gasteiger partial charge in [0.1, 0.15) is 0 Å². The van der Waals surface area contributed by atoms with Gasteiger partial charge in [0.25, 0.3) is 0 Å². The molecule has 1 N–H and O–H groups in total. The highest BCUT2D eigenvalue weighted by Crippen LogP contribution is 2.46. The molecule has 130 valence electrons. The van der Waals surface area contributed by atoms with Gasteiger partial charge in [-0.05, 0) is 18.1 Å². The van der Waals surface area contributed by atoms with Crippen LogP contribution in [-0.2, 0) is 4.79 Å². The highest BCUT2D eigenvalue weighted by molar-refractivity contribution is 6.11. The molecular weight excluding hydrogens is 336 g/mol. The number of nitrogens with one attached hydrogen (secondary N) is 1. The number of nitriles is 1. The van der Waals surface area contributed by atoms with Gasteiger partial charge in [0.05, 0.1) is 11.6 Å². The van der Waals surface area contributed by atoms with Crippen molar-refractivity contribution in [3.05, 3.63) is 77.4 Å². The number of esters is 1. The van der Waals surface area contributed by atoms with E-state index in [1.54, 1.807) is 0 Å². The minimum Gasteiger partial charge on any atom is -0.423 e. The standard InChI is InChI=1S/C23H16N2O2/c1-13-6-5-9-15-16-10-11-17-19(14-7-3-2-4-8-14)18(12-24)23(26)27-22(17)21(16)25-20(13)15/h2-11,18-19,25H,1H3. The first-order valence-corrected chi connectivity index (χ1v) is 8.89. The van der Waals surface area contributed by atoms with Gasteiger partial charge in [-0.2, -0.15) is 5.26 Å². The number of rotatable bonds is 1. The maximum absolute atomic E-state index is 12.6. The number of nitrogens with zero attached hydrogens (tertiary/aromatic N) is 1. The van der Waals surface area contributed by atoms with E-state index in [0.29, 0.717) is 5.75 Å². The van der Waals surface area contributed by atoms with E-state index in [4.69, 9.17) is 4.74 Å². The average molecular weight is 352 g/mol. The van der Waals surface area contributed by atoms with Crippen LogP contribution in [0.25, 0.3) is 21.8 Å². The summed E-state index contributed by atoms with van der Waals surface area (Å²) in [4.78, 5) is 16.1. The molecule has 0 fully saturated rings. The molecule has 2 unspecified atom stereocenters. The van der Waals surface area contributed by atoms with Gasteiger partial charge in [-0.3, -0.25) is 4.79 Å². The van der Waals surface area contributed by atoms with Gasteiger partial charge in [0, 0.05) is 27.8 Å². The van der Waals surface area contributed by atoms with Crippen LogP contribution in [0.15, 0.2) is 60.7 Å². The number of fused-ring (bicyclic) bond motifs is 5. The zero-order chi connectivity index (χ0) is 18.5. The topological polar surface area (TPSA) is 65.9 Å². The lowest BCUT2D eigenvalue weighted by Crippen LogP contribution is -2.31. The third-order valence-electron chi connectivity index (χ3n) is 5.42. The highest BCUT2D eigenvalue weighted by atomic mass is 16.5. The first-order valence-electron chi connectivity index (χ1n) is 8.89. The monoisotopic (exact) mass is 352 g/mol. The van der Waals surface area contributed by atoms with Crippen molar-refractivity contribution in [1.82, 2.24) is 4.98 Å². The number of hydrogen-bond donors (Lipinski definition) is 1. The highest BCUT2D eigenvalue weighted by Gasteiger charge is 2.40. The molecule has 5 rings (SSSR count). The summed E-state index contributed by atoms with van der Waals surface area (Å²) in [6, 6.07) is 22.0. The maximum atomic E-state index is 12.6. The van der Waals surface area contributed by atoms with Crippen LogP contribution in [0.3, 0.4) is 0 Å². The molecule has 1 aromatic heterocycles. The summed E-state index contributed by atoms with van der Waals surface area (Å²) in [5, 5.41) is 11.7. The molecule has 3 aromatic carbocycles. The number of H-pyrrole nitrogens is 1. The largest absolute Gasteiger partial charge is 0.423 e. The molecular formula is C23H16N2O2. The van der Waals surface area contributed by atoms with Crippen molar-refractivity contribution in [1.29, 1.82) is 5.26 Å². The summed E-state index contributed by atoms with van der Waals surface area (Å²) in [5.41, 5.74) is 4.78. The van der Waals surface area contributed by atoms with Crippen molar-refractivity contribution in [3.63, 3.8) is 0 Å². The third kappa shape index (κ3) is 2.18. The Morgan fingerprint density at radius 1 is 0.963 bits per heavy atom. The molecule has 0 saturated heterocycles. The fourth-order valence-corrected chi connectivity index (χ4v) is 4.12. The van der Waals surface area contributed by atoms with E-state index >= 15 is 0 Å². The van der Waals surface area contributed by atoms with E-state index in [2.05, 4.69) is 36.2 Å². The van der Waals surface area contributed by atoms with Gasteiger partial charge in [-0.25, -0.2) is 0 Å². The lowest BCUT2D eigenvalue weighted by molar-refractivity contribution is -0.138. The van der Waals surface area contributed by atoms with Crippen LogP contribution in [0.2, 0.25) is 0 Å². The fourth-order valence-electron chi connectivity index (χ4n) is 4.12. The van der Waals surface area contributed by atoms with Crippen molar-refractivity contribution in [2.24, 2.45) is 5.92 Å². The number of carbonyl (C=O) groups excluding carboxylic acids is 1. The van der Waals surface area contributed by atoms with Crippen LogP contribution < -0.4 is 4.74 Å². The Labute approximate surface area is 156 Å². The Bertz CT molecular complexity index is 1250. The van der Waals surface area contributed by atoms with E-state index in [0.717, 1.165) is 38.5 Å². The second-order valence-electron chi connectivity index (χ2n) is 6.95. The lowest BCUT2D eigenvalue weighted by atomic mass is 9.79. The molecule has 27 heavy (non-hydrogen) atoms. The molecule has 0 bridgehead atoms. The van der Waals surface area contributed by atoms with Gasteiger partial charge in [0.15, 0.2) is 11.7 Å². The Kier molecular flexibility index (Phi) is 3.32. The molecule has 0 aliphatic carbocycles. The number of aryl methyl sites for hydroxylation is 1. The molecule has 2 atom stereocenters. The average Bonchev–Trinajstić information content (AvgIpc) is 3.08. The molecule has 1 aliphatic heterocycles. The number of aromatic amines is 1. The number of ether oxygens (including phenoxy) is 1. The molecule has 0 radical (unpaired) electrons. The number of para-hydroxylation sites is 1. The Balaban J connectivity index is 1.84. The summed E-state index contributed by atoms with van der Waals surface area (Å²) >= 11 is 0. The second kappa shape index (κ2) is 5.72. The van der Waals surface area contributed by atoms with Crippen LogP contribution in [0.1, 0.15) is 22.6 Å². The Morgan fingerprint density at radius 3 is 2.52 bits per heavy atom. The molecule has 0 spiro atoms. The van der Waals surface area contributed by atoms with E-state index in [1.165, 1.54) is 0 Å².